The standard InChI is InChI=1S/C18H33N7O/c1-3-19-18(20-9-5-10-24-12-7-15(26)8-13-24)22-16-6-4-11-25-17(16)21-14(2)23-25/h15-16,26H,3-13H2,1-2H3,(H2,19,20,22). The first-order valence-electron chi connectivity index (χ1n) is 10.0. The van der Waals surface area contributed by atoms with Crippen LogP contribution in [0, 0.1) is 6.92 Å². The van der Waals surface area contributed by atoms with E-state index in [4.69, 9.17) is 4.99 Å². The summed E-state index contributed by atoms with van der Waals surface area (Å²) in [6.07, 6.45) is 4.89. The summed E-state index contributed by atoms with van der Waals surface area (Å²) < 4.78 is 2.02. The number of nitrogens with zero attached hydrogens (tertiary/aromatic N) is 5. The average molecular weight is 364 g/mol. The number of aryl methyl sites for hydroxylation is 2. The van der Waals surface area contributed by atoms with Gasteiger partial charge in [0.1, 0.15) is 11.6 Å². The molecule has 26 heavy (non-hydrogen) atoms. The smallest absolute Gasteiger partial charge is 0.191 e. The first kappa shape index (κ1) is 19.1. The number of aliphatic hydroxyl groups is 1. The van der Waals surface area contributed by atoms with Gasteiger partial charge in [0.05, 0.1) is 12.1 Å². The van der Waals surface area contributed by atoms with Crippen molar-refractivity contribution >= 4 is 5.96 Å². The zero-order valence-corrected chi connectivity index (χ0v) is 16.1. The highest BCUT2D eigenvalue weighted by Gasteiger charge is 2.24. The van der Waals surface area contributed by atoms with E-state index in [0.29, 0.717) is 0 Å². The van der Waals surface area contributed by atoms with Crippen LogP contribution in [0.25, 0.3) is 0 Å². The molecule has 146 valence electrons. The molecule has 8 heteroatoms. The first-order valence-corrected chi connectivity index (χ1v) is 10.0. The summed E-state index contributed by atoms with van der Waals surface area (Å²) >= 11 is 0. The molecular weight excluding hydrogens is 330 g/mol. The Morgan fingerprint density at radius 1 is 1.27 bits per heavy atom. The van der Waals surface area contributed by atoms with E-state index in [1.54, 1.807) is 0 Å². The predicted molar refractivity (Wildman–Crippen MR) is 102 cm³/mol. The maximum absolute atomic E-state index is 9.58. The van der Waals surface area contributed by atoms with Gasteiger partial charge in [0.2, 0.25) is 0 Å². The summed E-state index contributed by atoms with van der Waals surface area (Å²) in [5.74, 6) is 2.72. The maximum atomic E-state index is 9.58. The van der Waals surface area contributed by atoms with Gasteiger partial charge in [-0.25, -0.2) is 9.67 Å². The molecule has 1 aromatic rings. The molecule has 0 spiro atoms. The summed E-state index contributed by atoms with van der Waals surface area (Å²) in [5, 5.41) is 20.9. The quantitative estimate of drug-likeness (QED) is 0.394. The lowest BCUT2D eigenvalue weighted by molar-refractivity contribution is 0.0824. The van der Waals surface area contributed by atoms with Crippen molar-refractivity contribution < 1.29 is 5.11 Å². The summed E-state index contributed by atoms with van der Waals surface area (Å²) in [7, 11) is 0. The fraction of sp³-hybridized carbons (Fsp3) is 0.833. The van der Waals surface area contributed by atoms with E-state index in [9.17, 15) is 5.11 Å². The molecule has 0 radical (unpaired) electrons. The van der Waals surface area contributed by atoms with Crippen LogP contribution in [0.5, 0.6) is 0 Å². The third-order valence-electron chi connectivity index (χ3n) is 5.10. The number of hydrogen-bond acceptors (Lipinski definition) is 5. The second-order valence-electron chi connectivity index (χ2n) is 7.27. The van der Waals surface area contributed by atoms with Crippen LogP contribution in [-0.4, -0.2) is 69.6 Å². The molecule has 0 aromatic carbocycles. The van der Waals surface area contributed by atoms with Gasteiger partial charge in [-0.05, 0) is 52.5 Å². The SMILES string of the molecule is CCNC(=NCCCN1CCC(O)CC1)NC1CCCn2nc(C)nc21. The molecule has 0 amide bonds. The van der Waals surface area contributed by atoms with Crippen LogP contribution in [0.2, 0.25) is 0 Å². The van der Waals surface area contributed by atoms with Gasteiger partial charge in [0.15, 0.2) is 5.96 Å². The Bertz CT molecular complexity index is 592. The van der Waals surface area contributed by atoms with E-state index in [1.165, 1.54) is 0 Å². The van der Waals surface area contributed by atoms with Gasteiger partial charge in [-0.1, -0.05) is 0 Å². The summed E-state index contributed by atoms with van der Waals surface area (Å²) in [6, 6.07) is 0.173. The third kappa shape index (κ3) is 5.17. The lowest BCUT2D eigenvalue weighted by Crippen LogP contribution is -2.41. The monoisotopic (exact) mass is 363 g/mol. The highest BCUT2D eigenvalue weighted by molar-refractivity contribution is 5.80. The van der Waals surface area contributed by atoms with Crippen molar-refractivity contribution in [3.05, 3.63) is 11.6 Å². The van der Waals surface area contributed by atoms with Crippen molar-refractivity contribution in [1.29, 1.82) is 0 Å². The van der Waals surface area contributed by atoms with Gasteiger partial charge >= 0.3 is 0 Å². The van der Waals surface area contributed by atoms with Crippen LogP contribution in [0.15, 0.2) is 4.99 Å². The number of nitrogens with one attached hydrogen (secondary N) is 2. The van der Waals surface area contributed by atoms with Gasteiger partial charge < -0.3 is 20.6 Å². The van der Waals surface area contributed by atoms with Crippen molar-refractivity contribution in [2.24, 2.45) is 4.99 Å². The van der Waals surface area contributed by atoms with Gasteiger partial charge in [-0.2, -0.15) is 5.10 Å². The number of guanidine groups is 1. The number of aliphatic imine (C=N–C) groups is 1. The molecule has 0 saturated carbocycles. The number of hydrogen-bond donors (Lipinski definition) is 3. The molecule has 1 fully saturated rings. The Morgan fingerprint density at radius 2 is 2.08 bits per heavy atom. The van der Waals surface area contributed by atoms with Crippen molar-refractivity contribution in [2.75, 3.05) is 32.7 Å². The van der Waals surface area contributed by atoms with Crippen LogP contribution >= 0.6 is 0 Å². The Balaban J connectivity index is 1.50. The zero-order valence-electron chi connectivity index (χ0n) is 16.1. The number of likely N-dealkylation sites (tertiary alicyclic amines) is 1. The van der Waals surface area contributed by atoms with Crippen LogP contribution in [0.4, 0.5) is 0 Å². The minimum Gasteiger partial charge on any atom is -0.393 e. The lowest BCUT2D eigenvalue weighted by Gasteiger charge is -2.29. The van der Waals surface area contributed by atoms with Crippen LogP contribution in [-0.2, 0) is 6.54 Å². The van der Waals surface area contributed by atoms with Gasteiger partial charge in [0, 0.05) is 32.7 Å². The third-order valence-corrected chi connectivity index (χ3v) is 5.10. The first-order chi connectivity index (χ1) is 12.7. The van der Waals surface area contributed by atoms with Crippen molar-refractivity contribution in [3.63, 3.8) is 0 Å². The van der Waals surface area contributed by atoms with E-state index in [0.717, 1.165) is 89.0 Å². The maximum Gasteiger partial charge on any atom is 0.191 e. The Morgan fingerprint density at radius 3 is 2.85 bits per heavy atom. The normalized spacial score (nSPS) is 22.3. The Kier molecular flexibility index (Phi) is 6.85. The number of rotatable bonds is 6. The molecule has 3 heterocycles. The van der Waals surface area contributed by atoms with E-state index >= 15 is 0 Å². The van der Waals surface area contributed by atoms with E-state index in [2.05, 4.69) is 32.5 Å². The lowest BCUT2D eigenvalue weighted by atomic mass is 10.1. The summed E-state index contributed by atoms with van der Waals surface area (Å²) in [5.41, 5.74) is 0. The fourth-order valence-electron chi connectivity index (χ4n) is 3.72. The van der Waals surface area contributed by atoms with Gasteiger partial charge in [0.25, 0.3) is 0 Å². The van der Waals surface area contributed by atoms with Crippen molar-refractivity contribution in [3.8, 4) is 0 Å². The number of aliphatic hydroxyl groups excluding tert-OH is 1. The number of fused-ring (bicyclic) bond motifs is 1. The molecule has 1 saturated heterocycles. The predicted octanol–water partition coefficient (Wildman–Crippen LogP) is 0.823. The molecule has 1 aromatic heterocycles. The van der Waals surface area contributed by atoms with Crippen molar-refractivity contribution in [2.45, 2.75) is 64.6 Å². The highest BCUT2D eigenvalue weighted by atomic mass is 16.3. The molecule has 3 N–H and O–H groups in total. The van der Waals surface area contributed by atoms with Crippen LogP contribution in [0.3, 0.4) is 0 Å². The molecule has 2 aliphatic rings. The minimum absolute atomic E-state index is 0.102. The van der Waals surface area contributed by atoms with Crippen LogP contribution < -0.4 is 10.6 Å². The Labute approximate surface area is 156 Å². The van der Waals surface area contributed by atoms with E-state index in [1.807, 2.05) is 11.6 Å². The minimum atomic E-state index is -0.102. The van der Waals surface area contributed by atoms with E-state index < -0.39 is 0 Å². The summed E-state index contributed by atoms with van der Waals surface area (Å²) in [4.78, 5) is 11.8. The van der Waals surface area contributed by atoms with Crippen molar-refractivity contribution in [1.82, 2.24) is 30.3 Å². The largest absolute Gasteiger partial charge is 0.393 e. The van der Waals surface area contributed by atoms with E-state index in [-0.39, 0.29) is 12.1 Å². The Hall–Kier alpha value is -1.67. The molecule has 0 bridgehead atoms. The topological polar surface area (TPSA) is 90.6 Å². The molecular formula is C18H33N7O. The average Bonchev–Trinajstić information content (AvgIpc) is 3.01. The fourth-order valence-corrected chi connectivity index (χ4v) is 3.72. The molecule has 8 nitrogen and oxygen atoms in total. The van der Waals surface area contributed by atoms with Crippen LogP contribution in [0.1, 0.15) is 56.7 Å². The molecule has 0 aliphatic carbocycles. The van der Waals surface area contributed by atoms with Gasteiger partial charge in [-0.15, -0.1) is 0 Å². The molecule has 3 rings (SSSR count). The summed E-state index contributed by atoms with van der Waals surface area (Å²) in [6.45, 7) is 9.67. The molecule has 1 atom stereocenters. The zero-order chi connectivity index (χ0) is 18.4. The second-order valence-corrected chi connectivity index (χ2v) is 7.27. The molecule has 2 aliphatic heterocycles. The second kappa shape index (κ2) is 9.32. The highest BCUT2D eigenvalue weighted by Crippen LogP contribution is 2.22. The van der Waals surface area contributed by atoms with Gasteiger partial charge in [-0.3, -0.25) is 4.99 Å². The number of piperidine rings is 1. The molecule has 1 unspecified atom stereocenters. The number of aromatic nitrogens is 3.